The van der Waals surface area contributed by atoms with Crippen molar-refractivity contribution in [3.63, 3.8) is 0 Å². The molecule has 0 unspecified atom stereocenters. The third kappa shape index (κ3) is 10.2. The second-order valence-electron chi connectivity index (χ2n) is 6.51. The number of hydrogen-bond acceptors (Lipinski definition) is 3. The van der Waals surface area contributed by atoms with Gasteiger partial charge in [-0.25, -0.2) is 0 Å². The SMILES string of the molecule is CCNC(=NCCCc1cccc(OC)c1)NCCCOCC1CC1.I. The van der Waals surface area contributed by atoms with Crippen LogP contribution in [0, 0.1) is 5.92 Å². The quantitative estimate of drug-likeness (QED) is 0.210. The maximum Gasteiger partial charge on any atom is 0.191 e. The molecule has 0 spiro atoms. The van der Waals surface area contributed by atoms with Gasteiger partial charge in [0, 0.05) is 32.8 Å². The summed E-state index contributed by atoms with van der Waals surface area (Å²) in [6.45, 7) is 6.44. The Labute approximate surface area is 175 Å². The molecule has 26 heavy (non-hydrogen) atoms. The Morgan fingerprint density at radius 1 is 1.23 bits per heavy atom. The van der Waals surface area contributed by atoms with Gasteiger partial charge < -0.3 is 20.1 Å². The van der Waals surface area contributed by atoms with Crippen molar-refractivity contribution in [1.29, 1.82) is 0 Å². The van der Waals surface area contributed by atoms with Gasteiger partial charge in [0.2, 0.25) is 0 Å². The van der Waals surface area contributed by atoms with Crippen LogP contribution in [-0.4, -0.2) is 45.9 Å². The molecule has 5 nitrogen and oxygen atoms in total. The molecule has 0 amide bonds. The zero-order chi connectivity index (χ0) is 17.7. The number of aryl methyl sites for hydroxylation is 1. The normalized spacial score (nSPS) is 13.8. The topological polar surface area (TPSA) is 54.9 Å². The van der Waals surface area contributed by atoms with Crippen LogP contribution in [0.5, 0.6) is 5.75 Å². The number of methoxy groups -OCH3 is 1. The summed E-state index contributed by atoms with van der Waals surface area (Å²) in [5, 5.41) is 6.68. The van der Waals surface area contributed by atoms with Crippen LogP contribution in [0.4, 0.5) is 0 Å². The van der Waals surface area contributed by atoms with E-state index in [9.17, 15) is 0 Å². The summed E-state index contributed by atoms with van der Waals surface area (Å²) < 4.78 is 10.9. The predicted octanol–water partition coefficient (Wildman–Crippen LogP) is 3.62. The Bertz CT molecular complexity index is 522. The van der Waals surface area contributed by atoms with Gasteiger partial charge in [0.05, 0.1) is 7.11 Å². The van der Waals surface area contributed by atoms with Crippen molar-refractivity contribution in [1.82, 2.24) is 10.6 Å². The van der Waals surface area contributed by atoms with Crippen LogP contribution in [-0.2, 0) is 11.2 Å². The van der Waals surface area contributed by atoms with Gasteiger partial charge in [0.25, 0.3) is 0 Å². The van der Waals surface area contributed by atoms with E-state index in [1.54, 1.807) is 7.11 Å². The average molecular weight is 475 g/mol. The number of nitrogens with one attached hydrogen (secondary N) is 2. The molecular formula is C20H34IN3O2. The van der Waals surface area contributed by atoms with Crippen molar-refractivity contribution < 1.29 is 9.47 Å². The van der Waals surface area contributed by atoms with Crippen LogP contribution in [0.3, 0.4) is 0 Å². The summed E-state index contributed by atoms with van der Waals surface area (Å²) >= 11 is 0. The van der Waals surface area contributed by atoms with E-state index in [-0.39, 0.29) is 24.0 Å². The molecule has 0 radical (unpaired) electrons. The Balaban J connectivity index is 0.00000338. The maximum absolute atomic E-state index is 5.66. The summed E-state index contributed by atoms with van der Waals surface area (Å²) in [6, 6.07) is 8.24. The zero-order valence-corrected chi connectivity index (χ0v) is 18.5. The number of aliphatic imine (C=N–C) groups is 1. The molecule has 0 saturated heterocycles. The second-order valence-corrected chi connectivity index (χ2v) is 6.51. The van der Waals surface area contributed by atoms with E-state index in [4.69, 9.17) is 9.47 Å². The molecule has 1 aliphatic rings. The highest BCUT2D eigenvalue weighted by Gasteiger charge is 2.20. The zero-order valence-electron chi connectivity index (χ0n) is 16.1. The summed E-state index contributed by atoms with van der Waals surface area (Å²) in [7, 11) is 1.70. The first-order valence-corrected chi connectivity index (χ1v) is 9.54. The van der Waals surface area contributed by atoms with Gasteiger partial charge in [-0.3, -0.25) is 4.99 Å². The molecule has 1 saturated carbocycles. The van der Waals surface area contributed by atoms with Gasteiger partial charge in [-0.1, -0.05) is 12.1 Å². The lowest BCUT2D eigenvalue weighted by Crippen LogP contribution is -2.38. The fourth-order valence-electron chi connectivity index (χ4n) is 2.56. The van der Waals surface area contributed by atoms with Gasteiger partial charge in [-0.05, 0) is 62.6 Å². The summed E-state index contributed by atoms with van der Waals surface area (Å²) in [5.74, 6) is 2.66. The molecule has 0 aliphatic heterocycles. The lowest BCUT2D eigenvalue weighted by molar-refractivity contribution is 0.123. The first kappa shape index (κ1) is 23.0. The second kappa shape index (κ2) is 14.1. The first-order chi connectivity index (χ1) is 12.3. The highest BCUT2D eigenvalue weighted by molar-refractivity contribution is 14.0. The molecule has 0 aromatic heterocycles. The third-order valence-corrected chi connectivity index (χ3v) is 4.18. The van der Waals surface area contributed by atoms with E-state index in [1.165, 1.54) is 18.4 Å². The summed E-state index contributed by atoms with van der Waals surface area (Å²) in [6.07, 6.45) is 5.75. The molecule has 0 atom stereocenters. The van der Waals surface area contributed by atoms with Crippen LogP contribution >= 0.6 is 24.0 Å². The maximum atomic E-state index is 5.66. The minimum atomic E-state index is 0. The highest BCUT2D eigenvalue weighted by atomic mass is 127. The standard InChI is InChI=1S/C20H33N3O2.HI/c1-3-21-20(23-13-6-14-25-16-18-10-11-18)22-12-5-8-17-7-4-9-19(15-17)24-2;/h4,7,9,15,18H,3,5-6,8,10-14,16H2,1-2H3,(H2,21,22,23);1H. The van der Waals surface area contributed by atoms with E-state index in [1.807, 2.05) is 12.1 Å². The Kier molecular flexibility index (Phi) is 12.5. The largest absolute Gasteiger partial charge is 0.497 e. The van der Waals surface area contributed by atoms with Gasteiger partial charge in [0.15, 0.2) is 5.96 Å². The molecule has 2 rings (SSSR count). The number of hydrogen-bond donors (Lipinski definition) is 2. The Morgan fingerprint density at radius 2 is 2.08 bits per heavy atom. The summed E-state index contributed by atoms with van der Waals surface area (Å²) in [5.41, 5.74) is 1.29. The molecule has 1 aliphatic carbocycles. The van der Waals surface area contributed by atoms with Crippen molar-refractivity contribution in [2.75, 3.05) is 40.0 Å². The Morgan fingerprint density at radius 3 is 2.81 bits per heavy atom. The van der Waals surface area contributed by atoms with Gasteiger partial charge in [-0.15, -0.1) is 24.0 Å². The Hall–Kier alpha value is -1.02. The van der Waals surface area contributed by atoms with E-state index in [0.717, 1.165) is 69.7 Å². The molecule has 0 bridgehead atoms. The number of benzene rings is 1. The fourth-order valence-corrected chi connectivity index (χ4v) is 2.56. The number of rotatable bonds is 12. The van der Waals surface area contributed by atoms with Crippen LogP contribution in [0.15, 0.2) is 29.3 Å². The van der Waals surface area contributed by atoms with E-state index >= 15 is 0 Å². The predicted molar refractivity (Wildman–Crippen MR) is 119 cm³/mol. The molecule has 0 heterocycles. The van der Waals surface area contributed by atoms with Crippen molar-refractivity contribution in [2.45, 2.75) is 39.0 Å². The molecule has 1 fully saturated rings. The van der Waals surface area contributed by atoms with Crippen LogP contribution in [0.25, 0.3) is 0 Å². The monoisotopic (exact) mass is 475 g/mol. The van der Waals surface area contributed by atoms with Crippen LogP contribution < -0.4 is 15.4 Å². The van der Waals surface area contributed by atoms with E-state index in [2.05, 4.69) is 34.7 Å². The molecule has 148 valence electrons. The van der Waals surface area contributed by atoms with Gasteiger partial charge in [0.1, 0.15) is 5.75 Å². The van der Waals surface area contributed by atoms with Crippen LogP contribution in [0.1, 0.15) is 38.2 Å². The van der Waals surface area contributed by atoms with E-state index in [0.29, 0.717) is 0 Å². The molecule has 6 heteroatoms. The minimum absolute atomic E-state index is 0. The first-order valence-electron chi connectivity index (χ1n) is 9.54. The van der Waals surface area contributed by atoms with Crippen LogP contribution in [0.2, 0.25) is 0 Å². The highest BCUT2D eigenvalue weighted by Crippen LogP contribution is 2.28. The lowest BCUT2D eigenvalue weighted by Gasteiger charge is -2.11. The summed E-state index contributed by atoms with van der Waals surface area (Å²) in [4.78, 5) is 4.65. The van der Waals surface area contributed by atoms with E-state index < -0.39 is 0 Å². The van der Waals surface area contributed by atoms with Gasteiger partial charge >= 0.3 is 0 Å². The lowest BCUT2D eigenvalue weighted by atomic mass is 10.1. The number of nitrogens with zero attached hydrogens (tertiary/aromatic N) is 1. The molecule has 1 aromatic carbocycles. The minimum Gasteiger partial charge on any atom is -0.497 e. The number of ether oxygens (including phenoxy) is 2. The average Bonchev–Trinajstić information content (AvgIpc) is 3.46. The number of guanidine groups is 1. The van der Waals surface area contributed by atoms with Gasteiger partial charge in [-0.2, -0.15) is 0 Å². The number of halogens is 1. The molecular weight excluding hydrogens is 441 g/mol. The van der Waals surface area contributed by atoms with Crippen molar-refractivity contribution in [3.05, 3.63) is 29.8 Å². The smallest absolute Gasteiger partial charge is 0.191 e. The van der Waals surface area contributed by atoms with Crippen molar-refractivity contribution in [2.24, 2.45) is 10.9 Å². The molecule has 2 N–H and O–H groups in total. The van der Waals surface area contributed by atoms with Crippen molar-refractivity contribution in [3.8, 4) is 5.75 Å². The third-order valence-electron chi connectivity index (χ3n) is 4.18. The molecule has 1 aromatic rings. The fraction of sp³-hybridized carbons (Fsp3) is 0.650. The van der Waals surface area contributed by atoms with Crippen molar-refractivity contribution >= 4 is 29.9 Å².